The molecule has 1 N–H and O–H groups in total. The number of rotatable bonds is 3. The molecule has 0 spiro atoms. The van der Waals surface area contributed by atoms with Crippen LogP contribution in [0.4, 0.5) is 5.69 Å². The Morgan fingerprint density at radius 2 is 1.62 bits per heavy atom. The number of nitrogens with zero attached hydrogens (tertiary/aromatic N) is 1. The topological polar surface area (TPSA) is 24.4 Å². The smallest absolute Gasteiger partial charge is 0.0640 e. The first kappa shape index (κ1) is 10.4. The largest absolute Gasteiger partial charge is 0.278 e. The van der Waals surface area contributed by atoms with E-state index in [4.69, 9.17) is 0 Å². The average Bonchev–Trinajstić information content (AvgIpc) is 2.38. The van der Waals surface area contributed by atoms with Gasteiger partial charge in [0.15, 0.2) is 0 Å². The van der Waals surface area contributed by atoms with Gasteiger partial charge in [-0.3, -0.25) is 5.43 Å². The molecule has 0 aliphatic heterocycles. The van der Waals surface area contributed by atoms with E-state index in [9.17, 15) is 0 Å². The first-order chi connectivity index (χ1) is 7.92. The van der Waals surface area contributed by atoms with Crippen LogP contribution in [0.1, 0.15) is 6.92 Å². The minimum Gasteiger partial charge on any atom is -0.278 e. The summed E-state index contributed by atoms with van der Waals surface area (Å²) in [5.41, 5.74) is 6.40. The van der Waals surface area contributed by atoms with Crippen molar-refractivity contribution in [1.82, 2.24) is 0 Å². The predicted molar refractivity (Wildman–Crippen MR) is 69.7 cm³/mol. The van der Waals surface area contributed by atoms with Gasteiger partial charge in [0.2, 0.25) is 0 Å². The van der Waals surface area contributed by atoms with Crippen molar-refractivity contribution in [3.63, 3.8) is 0 Å². The van der Waals surface area contributed by atoms with Gasteiger partial charge in [-0.05, 0) is 18.6 Å². The van der Waals surface area contributed by atoms with Crippen molar-refractivity contribution in [2.75, 3.05) is 5.43 Å². The van der Waals surface area contributed by atoms with Gasteiger partial charge < -0.3 is 0 Å². The van der Waals surface area contributed by atoms with E-state index < -0.39 is 0 Å². The normalized spacial score (nSPS) is 10.6. The summed E-state index contributed by atoms with van der Waals surface area (Å²) in [6.45, 7) is 1.89. The van der Waals surface area contributed by atoms with Gasteiger partial charge in [-0.1, -0.05) is 48.5 Å². The first-order valence-corrected chi connectivity index (χ1v) is 5.30. The Labute approximate surface area is 95.6 Å². The van der Waals surface area contributed by atoms with Gasteiger partial charge >= 0.3 is 0 Å². The van der Waals surface area contributed by atoms with Crippen molar-refractivity contribution in [2.45, 2.75) is 6.92 Å². The second kappa shape index (κ2) is 5.12. The highest BCUT2D eigenvalue weighted by molar-refractivity contribution is 5.78. The molecule has 0 radical (unpaired) electrons. The molecular formula is C14H14N2. The summed E-state index contributed by atoms with van der Waals surface area (Å²) in [7, 11) is 0. The Hall–Kier alpha value is -2.09. The molecule has 0 unspecified atom stereocenters. The molecule has 0 saturated heterocycles. The third-order valence-electron chi connectivity index (χ3n) is 2.33. The zero-order valence-electron chi connectivity index (χ0n) is 9.22. The van der Waals surface area contributed by atoms with Gasteiger partial charge in [-0.15, -0.1) is 0 Å². The van der Waals surface area contributed by atoms with Crippen LogP contribution in [0.15, 0.2) is 59.7 Å². The monoisotopic (exact) mass is 210 g/mol. The molecule has 2 rings (SSSR count). The number of hydrazone groups is 1. The molecule has 0 bridgehead atoms. The van der Waals surface area contributed by atoms with Gasteiger partial charge in [0.1, 0.15) is 0 Å². The number of anilines is 1. The van der Waals surface area contributed by atoms with Gasteiger partial charge in [-0.25, -0.2) is 0 Å². The van der Waals surface area contributed by atoms with Crippen molar-refractivity contribution < 1.29 is 0 Å². The minimum atomic E-state index is 1.02. The van der Waals surface area contributed by atoms with E-state index in [0.717, 1.165) is 11.3 Å². The zero-order chi connectivity index (χ0) is 11.2. The van der Waals surface area contributed by atoms with E-state index in [2.05, 4.69) is 28.7 Å². The molecule has 0 saturated carbocycles. The first-order valence-electron chi connectivity index (χ1n) is 5.30. The predicted octanol–water partition coefficient (Wildman–Crippen LogP) is 3.77. The van der Waals surface area contributed by atoms with Gasteiger partial charge in [-0.2, -0.15) is 5.10 Å². The number of benzene rings is 2. The van der Waals surface area contributed by atoms with E-state index in [0.29, 0.717) is 0 Å². The zero-order valence-corrected chi connectivity index (χ0v) is 9.22. The minimum absolute atomic E-state index is 1.02. The molecule has 2 aromatic rings. The molecule has 0 atom stereocenters. The summed E-state index contributed by atoms with van der Waals surface area (Å²) in [5, 5.41) is 4.05. The molecule has 0 fully saturated rings. The van der Waals surface area contributed by atoms with Crippen LogP contribution in [0.3, 0.4) is 0 Å². The number of hydrogen-bond donors (Lipinski definition) is 1. The Morgan fingerprint density at radius 3 is 2.38 bits per heavy atom. The van der Waals surface area contributed by atoms with Crippen LogP contribution < -0.4 is 5.43 Å². The van der Waals surface area contributed by atoms with E-state index in [1.165, 1.54) is 5.56 Å². The Morgan fingerprint density at radius 1 is 0.938 bits per heavy atom. The van der Waals surface area contributed by atoms with E-state index in [1.807, 2.05) is 43.3 Å². The van der Waals surface area contributed by atoms with Gasteiger partial charge in [0, 0.05) is 11.8 Å². The van der Waals surface area contributed by atoms with Crippen LogP contribution in [0, 0.1) is 0 Å². The summed E-state index contributed by atoms with van der Waals surface area (Å²) in [5.74, 6) is 0. The van der Waals surface area contributed by atoms with E-state index >= 15 is 0 Å². The maximum Gasteiger partial charge on any atom is 0.0640 e. The van der Waals surface area contributed by atoms with Crippen LogP contribution in [-0.2, 0) is 0 Å². The highest BCUT2D eigenvalue weighted by atomic mass is 15.3. The maximum absolute atomic E-state index is 4.05. The third kappa shape index (κ3) is 2.28. The Kier molecular flexibility index (Phi) is 3.34. The van der Waals surface area contributed by atoms with Crippen molar-refractivity contribution in [3.05, 3.63) is 54.6 Å². The summed E-state index contributed by atoms with van der Waals surface area (Å²) < 4.78 is 0. The number of hydrogen-bond acceptors (Lipinski definition) is 2. The third-order valence-corrected chi connectivity index (χ3v) is 2.33. The Bertz CT molecular complexity index is 475. The fraction of sp³-hybridized carbons (Fsp3) is 0.0714. The summed E-state index contributed by atoms with van der Waals surface area (Å²) >= 11 is 0. The molecule has 2 heteroatoms. The summed E-state index contributed by atoms with van der Waals surface area (Å²) in [4.78, 5) is 0. The molecule has 0 aliphatic carbocycles. The maximum atomic E-state index is 4.05. The Balaban J connectivity index is 2.40. The lowest BCUT2D eigenvalue weighted by Gasteiger charge is -2.08. The van der Waals surface area contributed by atoms with Crippen LogP contribution >= 0.6 is 0 Å². The number of nitrogens with one attached hydrogen (secondary N) is 1. The van der Waals surface area contributed by atoms with Gasteiger partial charge in [0.25, 0.3) is 0 Å². The lowest BCUT2D eigenvalue weighted by molar-refractivity contribution is 1.35. The van der Waals surface area contributed by atoms with Crippen LogP contribution in [0.25, 0.3) is 11.1 Å². The lowest BCUT2D eigenvalue weighted by atomic mass is 10.0. The van der Waals surface area contributed by atoms with Crippen molar-refractivity contribution in [1.29, 1.82) is 0 Å². The average molecular weight is 210 g/mol. The quantitative estimate of drug-likeness (QED) is 0.605. The number of para-hydroxylation sites is 1. The molecule has 2 aromatic carbocycles. The summed E-state index contributed by atoms with van der Waals surface area (Å²) in [6.07, 6.45) is 1.74. The van der Waals surface area contributed by atoms with Crippen molar-refractivity contribution in [2.24, 2.45) is 5.10 Å². The standard InChI is InChI=1S/C14H14N2/c1-2-15-16-14-11-7-6-10-13(14)12-8-4-3-5-9-12/h2-11,16H,1H3/b15-2-. The summed E-state index contributed by atoms with van der Waals surface area (Å²) in [6, 6.07) is 18.4. The second-order valence-corrected chi connectivity index (χ2v) is 3.41. The van der Waals surface area contributed by atoms with Crippen LogP contribution in [0.2, 0.25) is 0 Å². The lowest BCUT2D eigenvalue weighted by Crippen LogP contribution is -1.91. The molecule has 80 valence electrons. The molecule has 2 nitrogen and oxygen atoms in total. The molecule has 16 heavy (non-hydrogen) atoms. The molecule has 0 aliphatic rings. The molecule has 0 heterocycles. The molecule has 0 amide bonds. The molecular weight excluding hydrogens is 196 g/mol. The SMILES string of the molecule is C/C=N\Nc1ccccc1-c1ccccc1. The van der Waals surface area contributed by atoms with Crippen LogP contribution in [0.5, 0.6) is 0 Å². The van der Waals surface area contributed by atoms with E-state index in [-0.39, 0.29) is 0 Å². The second-order valence-electron chi connectivity index (χ2n) is 3.41. The highest BCUT2D eigenvalue weighted by Gasteiger charge is 2.01. The van der Waals surface area contributed by atoms with Crippen molar-refractivity contribution in [3.8, 4) is 11.1 Å². The van der Waals surface area contributed by atoms with E-state index in [1.54, 1.807) is 6.21 Å². The van der Waals surface area contributed by atoms with Crippen molar-refractivity contribution >= 4 is 11.9 Å². The fourth-order valence-corrected chi connectivity index (χ4v) is 1.58. The van der Waals surface area contributed by atoms with Crippen LogP contribution in [-0.4, -0.2) is 6.21 Å². The van der Waals surface area contributed by atoms with Gasteiger partial charge in [0.05, 0.1) is 5.69 Å². The fourth-order valence-electron chi connectivity index (χ4n) is 1.58. The highest BCUT2D eigenvalue weighted by Crippen LogP contribution is 2.27. The molecule has 0 aromatic heterocycles.